The predicted octanol–water partition coefficient (Wildman–Crippen LogP) is 2.37. The van der Waals surface area contributed by atoms with Gasteiger partial charge in [-0.2, -0.15) is 0 Å². The summed E-state index contributed by atoms with van der Waals surface area (Å²) in [6.07, 6.45) is 4.16. The van der Waals surface area contributed by atoms with Crippen LogP contribution in [0.2, 0.25) is 0 Å². The summed E-state index contributed by atoms with van der Waals surface area (Å²) < 4.78 is 24.7. The monoisotopic (exact) mass is 273 g/mol. The van der Waals surface area contributed by atoms with Crippen LogP contribution >= 0.6 is 0 Å². The fourth-order valence-electron chi connectivity index (χ4n) is 3.60. The molecule has 0 radical (unpaired) electrons. The van der Waals surface area contributed by atoms with Gasteiger partial charge >= 0.3 is 0 Å². The quantitative estimate of drug-likeness (QED) is 0.840. The zero-order valence-electron chi connectivity index (χ0n) is 12.1. The largest absolute Gasteiger partial charge is 0.309 e. The predicted molar refractivity (Wildman–Crippen MR) is 75.4 cm³/mol. The second kappa shape index (κ2) is 4.78. The number of hydrogen-bond donors (Lipinski definition) is 1. The van der Waals surface area contributed by atoms with Crippen LogP contribution in [0.1, 0.15) is 53.4 Å². The molecule has 4 unspecified atom stereocenters. The first-order valence-corrected chi connectivity index (χ1v) is 8.95. The van der Waals surface area contributed by atoms with E-state index in [1.165, 1.54) is 0 Å². The molecule has 4 atom stereocenters. The van der Waals surface area contributed by atoms with Crippen molar-refractivity contribution in [3.8, 4) is 0 Å². The maximum Gasteiger partial charge on any atom is 0.156 e. The molecular weight excluding hydrogens is 246 g/mol. The fourth-order valence-corrected chi connectivity index (χ4v) is 5.88. The number of nitrogens with one attached hydrogen (secondary N) is 1. The molecular formula is C14H27NO2S. The van der Waals surface area contributed by atoms with Crippen molar-refractivity contribution in [2.45, 2.75) is 70.7 Å². The van der Waals surface area contributed by atoms with Gasteiger partial charge < -0.3 is 5.32 Å². The molecule has 2 aliphatic rings. The third-order valence-corrected chi connectivity index (χ3v) is 7.66. The standard InChI is InChI=1S/C14H27NO2S/c1-5-14(3,4)11-6-7-12-13(8-11)18(16,17)9-10(2)15-12/h10-13,15H,5-9H2,1-4H3. The smallest absolute Gasteiger partial charge is 0.156 e. The molecule has 2 fully saturated rings. The van der Waals surface area contributed by atoms with E-state index in [0.717, 1.165) is 25.7 Å². The Morgan fingerprint density at radius 3 is 2.56 bits per heavy atom. The van der Waals surface area contributed by atoms with Gasteiger partial charge in [0.05, 0.1) is 11.0 Å². The summed E-state index contributed by atoms with van der Waals surface area (Å²) in [5.41, 5.74) is 0.267. The molecule has 1 saturated carbocycles. The summed E-state index contributed by atoms with van der Waals surface area (Å²) in [5.74, 6) is 0.863. The van der Waals surface area contributed by atoms with Gasteiger partial charge in [-0.3, -0.25) is 0 Å². The van der Waals surface area contributed by atoms with Crippen molar-refractivity contribution in [3.05, 3.63) is 0 Å². The van der Waals surface area contributed by atoms with Crippen LogP contribution in [0.15, 0.2) is 0 Å². The van der Waals surface area contributed by atoms with Gasteiger partial charge in [0.25, 0.3) is 0 Å². The van der Waals surface area contributed by atoms with Crippen LogP contribution in [0, 0.1) is 11.3 Å². The van der Waals surface area contributed by atoms with Gasteiger partial charge in [-0.15, -0.1) is 0 Å². The zero-order chi connectivity index (χ0) is 13.6. The highest BCUT2D eigenvalue weighted by Gasteiger charge is 2.45. The Balaban J connectivity index is 2.17. The van der Waals surface area contributed by atoms with E-state index in [0.29, 0.717) is 11.7 Å². The van der Waals surface area contributed by atoms with E-state index in [2.05, 4.69) is 26.1 Å². The second-order valence-electron chi connectivity index (χ2n) is 6.89. The van der Waals surface area contributed by atoms with E-state index < -0.39 is 9.84 Å². The SMILES string of the molecule is CCC(C)(C)C1CCC2NC(C)CS(=O)(=O)C2C1. The summed E-state index contributed by atoms with van der Waals surface area (Å²) in [4.78, 5) is 0. The number of rotatable bonds is 2. The minimum absolute atomic E-state index is 0.118. The lowest BCUT2D eigenvalue weighted by molar-refractivity contribution is 0.134. The second-order valence-corrected chi connectivity index (χ2v) is 9.16. The van der Waals surface area contributed by atoms with Crippen molar-refractivity contribution >= 4 is 9.84 Å². The van der Waals surface area contributed by atoms with E-state index in [1.807, 2.05) is 6.92 Å². The Labute approximate surface area is 112 Å². The van der Waals surface area contributed by atoms with Gasteiger partial charge in [0, 0.05) is 12.1 Å². The molecule has 1 aliphatic heterocycles. The number of hydrogen-bond acceptors (Lipinski definition) is 3. The maximum atomic E-state index is 12.3. The Bertz CT molecular complexity index is 402. The first kappa shape index (κ1) is 14.3. The fraction of sp³-hybridized carbons (Fsp3) is 1.00. The van der Waals surface area contributed by atoms with Gasteiger partial charge in [0.15, 0.2) is 9.84 Å². The number of sulfone groups is 1. The van der Waals surface area contributed by atoms with Gasteiger partial charge in [0.1, 0.15) is 0 Å². The molecule has 1 heterocycles. The summed E-state index contributed by atoms with van der Waals surface area (Å²) in [5, 5.41) is 3.34. The van der Waals surface area contributed by atoms with Gasteiger partial charge in [0.2, 0.25) is 0 Å². The lowest BCUT2D eigenvalue weighted by Gasteiger charge is -2.46. The first-order chi connectivity index (χ1) is 8.26. The molecule has 3 nitrogen and oxygen atoms in total. The minimum Gasteiger partial charge on any atom is -0.309 e. The highest BCUT2D eigenvalue weighted by molar-refractivity contribution is 7.92. The number of fused-ring (bicyclic) bond motifs is 1. The average Bonchev–Trinajstić information content (AvgIpc) is 2.27. The molecule has 18 heavy (non-hydrogen) atoms. The highest BCUT2D eigenvalue weighted by Crippen LogP contribution is 2.43. The Morgan fingerprint density at radius 1 is 1.28 bits per heavy atom. The molecule has 0 spiro atoms. The molecule has 4 heteroatoms. The Hall–Kier alpha value is -0.0900. The van der Waals surface area contributed by atoms with Gasteiger partial charge in [-0.25, -0.2) is 8.42 Å². The third-order valence-electron chi connectivity index (χ3n) is 5.25. The summed E-state index contributed by atoms with van der Waals surface area (Å²) in [6, 6.07) is 0.314. The molecule has 0 aromatic heterocycles. The van der Waals surface area contributed by atoms with Crippen LogP contribution in [0.5, 0.6) is 0 Å². The molecule has 0 amide bonds. The van der Waals surface area contributed by atoms with Crippen LogP contribution in [-0.4, -0.2) is 31.5 Å². The molecule has 1 aliphatic carbocycles. The molecule has 0 bridgehead atoms. The third kappa shape index (κ3) is 2.60. The lowest BCUT2D eigenvalue weighted by Crippen LogP contribution is -2.59. The van der Waals surface area contributed by atoms with Crippen LogP contribution in [0.25, 0.3) is 0 Å². The van der Waals surface area contributed by atoms with Crippen molar-refractivity contribution in [2.24, 2.45) is 11.3 Å². The lowest BCUT2D eigenvalue weighted by atomic mass is 9.68. The Kier molecular flexibility index (Phi) is 3.81. The maximum absolute atomic E-state index is 12.3. The molecule has 2 rings (SSSR count). The van der Waals surface area contributed by atoms with Crippen molar-refractivity contribution in [1.29, 1.82) is 0 Å². The van der Waals surface area contributed by atoms with Crippen molar-refractivity contribution in [2.75, 3.05) is 5.75 Å². The van der Waals surface area contributed by atoms with Crippen LogP contribution in [-0.2, 0) is 9.84 Å². The van der Waals surface area contributed by atoms with Crippen LogP contribution < -0.4 is 5.32 Å². The minimum atomic E-state index is -2.90. The van der Waals surface area contributed by atoms with E-state index >= 15 is 0 Å². The van der Waals surface area contributed by atoms with E-state index in [9.17, 15) is 8.42 Å². The van der Waals surface area contributed by atoms with Crippen LogP contribution in [0.3, 0.4) is 0 Å². The zero-order valence-corrected chi connectivity index (χ0v) is 12.9. The molecule has 0 aromatic carbocycles. The summed E-state index contributed by atoms with van der Waals surface area (Å²) in [7, 11) is -2.90. The van der Waals surface area contributed by atoms with Crippen molar-refractivity contribution < 1.29 is 8.42 Å². The van der Waals surface area contributed by atoms with E-state index in [4.69, 9.17) is 0 Å². The van der Waals surface area contributed by atoms with Crippen molar-refractivity contribution in [1.82, 2.24) is 5.32 Å². The summed E-state index contributed by atoms with van der Waals surface area (Å²) >= 11 is 0. The van der Waals surface area contributed by atoms with Gasteiger partial charge in [-0.1, -0.05) is 27.2 Å². The first-order valence-electron chi connectivity index (χ1n) is 7.24. The van der Waals surface area contributed by atoms with E-state index in [1.54, 1.807) is 0 Å². The van der Waals surface area contributed by atoms with Gasteiger partial charge in [-0.05, 0) is 37.5 Å². The molecule has 1 N–H and O–H groups in total. The molecule has 0 aromatic rings. The highest BCUT2D eigenvalue weighted by atomic mass is 32.2. The molecule has 106 valence electrons. The normalized spacial score (nSPS) is 40.2. The summed E-state index contributed by atoms with van der Waals surface area (Å²) in [6.45, 7) is 8.75. The Morgan fingerprint density at radius 2 is 1.94 bits per heavy atom. The van der Waals surface area contributed by atoms with Crippen LogP contribution in [0.4, 0.5) is 0 Å². The van der Waals surface area contributed by atoms with Crippen molar-refractivity contribution in [3.63, 3.8) is 0 Å². The van der Waals surface area contributed by atoms with E-state index in [-0.39, 0.29) is 22.7 Å². The average molecular weight is 273 g/mol. The topological polar surface area (TPSA) is 46.2 Å². The molecule has 1 saturated heterocycles.